The van der Waals surface area contributed by atoms with Gasteiger partial charge in [0.15, 0.2) is 23.2 Å². The fourth-order valence-electron chi connectivity index (χ4n) is 5.09. The van der Waals surface area contributed by atoms with Gasteiger partial charge in [-0.2, -0.15) is 5.23 Å². The number of aryl methyl sites for hydroxylation is 1. The van der Waals surface area contributed by atoms with Gasteiger partial charge in [0.05, 0.1) is 15.4 Å². The van der Waals surface area contributed by atoms with E-state index >= 15 is 0 Å². The number of quaternary nitrogens is 1. The molecule has 12 nitrogen and oxygen atoms in total. The van der Waals surface area contributed by atoms with Crippen molar-refractivity contribution < 1.29 is 41.4 Å². The van der Waals surface area contributed by atoms with Gasteiger partial charge in [0, 0.05) is 52.9 Å². The first-order chi connectivity index (χ1) is 24.4. The average molecular weight is 829 g/mol. The number of hydrogen-bond donors (Lipinski definition) is 4. The summed E-state index contributed by atoms with van der Waals surface area (Å²) in [5, 5.41) is 22.2. The molecule has 0 fully saturated rings. The number of unbranched alkanes of at least 4 members (excludes halogenated alkanes) is 1. The van der Waals surface area contributed by atoms with Crippen LogP contribution in [0.5, 0.6) is 0 Å². The van der Waals surface area contributed by atoms with Gasteiger partial charge in [-0.3, -0.25) is 14.3 Å². The van der Waals surface area contributed by atoms with Crippen LogP contribution in [0.3, 0.4) is 0 Å². The summed E-state index contributed by atoms with van der Waals surface area (Å²) in [6.45, 7) is 0.809. The third-order valence-corrected chi connectivity index (χ3v) is 11.7. The van der Waals surface area contributed by atoms with Crippen molar-refractivity contribution in [3.63, 3.8) is 0 Å². The molecule has 0 aliphatic heterocycles. The first kappa shape index (κ1) is 40.4. The van der Waals surface area contributed by atoms with Crippen molar-refractivity contribution in [2.24, 2.45) is 0 Å². The fourth-order valence-corrected chi connectivity index (χ4v) is 8.49. The van der Waals surface area contributed by atoms with Crippen LogP contribution in [-0.2, 0) is 37.0 Å². The number of carbonyl (C=O) groups is 2. The van der Waals surface area contributed by atoms with Crippen molar-refractivity contribution in [3.8, 4) is 0 Å². The molecule has 0 spiro atoms. The van der Waals surface area contributed by atoms with Crippen LogP contribution in [0.1, 0.15) is 35.2 Å². The molecule has 1 amide bonds. The Morgan fingerprint density at radius 2 is 1.35 bits per heavy atom. The molecule has 16 heteroatoms. The number of halogens is 1. The number of anilines is 2. The highest BCUT2D eigenvalue weighted by Gasteiger charge is 2.21. The molecule has 5 rings (SSSR count). The number of carbonyl (C=O) groups excluding carboxylic acids is 2. The van der Waals surface area contributed by atoms with Crippen LogP contribution in [0, 0.1) is 5.21 Å². The third-order valence-electron chi connectivity index (χ3n) is 7.63. The molecule has 1 aromatic heterocycles. The van der Waals surface area contributed by atoms with Crippen molar-refractivity contribution in [1.82, 2.24) is 0 Å². The topological polar surface area (TPSA) is 178 Å². The summed E-state index contributed by atoms with van der Waals surface area (Å²) < 4.78 is 56.5. The highest BCUT2D eigenvalue weighted by molar-refractivity contribution is 8.93. The molecular formula is C36H36BrN4O8S3+. The molecule has 4 aromatic carbocycles. The van der Waals surface area contributed by atoms with E-state index in [1.165, 1.54) is 72.8 Å². The van der Waals surface area contributed by atoms with E-state index in [9.17, 15) is 36.8 Å². The van der Waals surface area contributed by atoms with Crippen LogP contribution in [0.2, 0.25) is 0 Å². The maximum atomic E-state index is 13.3. The molecule has 0 saturated carbocycles. The molecule has 0 aliphatic carbocycles. The second kappa shape index (κ2) is 18.4. The Kier molecular flexibility index (Phi) is 14.3. The number of aromatic nitrogens is 1. The molecule has 5 aromatic rings. The Hall–Kier alpha value is -4.42. The van der Waals surface area contributed by atoms with E-state index in [1.807, 2.05) is 30.6 Å². The Bertz CT molecular complexity index is 2210. The summed E-state index contributed by atoms with van der Waals surface area (Å²) in [6, 6.07) is 29.1. The monoisotopic (exact) mass is 827 g/mol. The normalized spacial score (nSPS) is 12.0. The second-order valence-corrected chi connectivity index (χ2v) is 16.1. The highest BCUT2D eigenvalue weighted by atomic mass is 79.9. The lowest BCUT2D eigenvalue weighted by atomic mass is 10.2. The van der Waals surface area contributed by atoms with Gasteiger partial charge in [0.25, 0.3) is 5.91 Å². The van der Waals surface area contributed by atoms with E-state index in [2.05, 4.69) is 14.6 Å². The molecule has 1 heterocycles. The van der Waals surface area contributed by atoms with Gasteiger partial charge in [-0.15, -0.1) is 17.0 Å². The minimum absolute atomic E-state index is 0. The predicted molar refractivity (Wildman–Crippen MR) is 203 cm³/mol. The van der Waals surface area contributed by atoms with Gasteiger partial charge in [0.1, 0.15) is 12.3 Å². The summed E-state index contributed by atoms with van der Waals surface area (Å²) in [7, 11) is -8.02. The first-order valence-electron chi connectivity index (χ1n) is 15.7. The number of amides is 1. The Labute approximate surface area is 316 Å². The van der Waals surface area contributed by atoms with Crippen molar-refractivity contribution in [2.75, 3.05) is 10.0 Å². The molecule has 0 saturated heterocycles. The largest absolute Gasteiger partial charge is 0.595 e. The van der Waals surface area contributed by atoms with Crippen LogP contribution in [0.4, 0.5) is 17.1 Å². The Balaban J connectivity index is 0.00000605. The second-order valence-electron chi connectivity index (χ2n) is 11.4. The lowest BCUT2D eigenvalue weighted by molar-refractivity contribution is -0.991. The summed E-state index contributed by atoms with van der Waals surface area (Å²) in [4.78, 5) is 26.3. The number of rotatable bonds is 15. The molecule has 4 N–H and O–H groups in total. The molecule has 1 unspecified atom stereocenters. The van der Waals surface area contributed by atoms with Crippen molar-refractivity contribution >= 4 is 76.7 Å². The lowest BCUT2D eigenvalue weighted by Crippen LogP contribution is -2.99. The highest BCUT2D eigenvalue weighted by Crippen LogP contribution is 2.28. The molecule has 272 valence electrons. The zero-order valence-corrected chi connectivity index (χ0v) is 31.7. The number of nitrogens with one attached hydrogen (secondary N) is 3. The zero-order chi connectivity index (χ0) is 36.4. The summed E-state index contributed by atoms with van der Waals surface area (Å²) in [5.41, 5.74) is 0.731. The number of nitrogens with zero attached hydrogens (tertiary/aromatic N) is 1. The van der Waals surface area contributed by atoms with Crippen LogP contribution >= 0.6 is 28.7 Å². The van der Waals surface area contributed by atoms with Crippen molar-refractivity contribution in [2.45, 2.75) is 46.2 Å². The Morgan fingerprint density at radius 3 is 2.00 bits per heavy atom. The predicted octanol–water partition coefficient (Wildman–Crippen LogP) is 5.47. The van der Waals surface area contributed by atoms with Gasteiger partial charge in [-0.1, -0.05) is 48.2 Å². The first-order valence-corrected chi connectivity index (χ1v) is 19.7. The van der Waals surface area contributed by atoms with Crippen LogP contribution in [0.15, 0.2) is 142 Å². The zero-order valence-electron chi connectivity index (χ0n) is 27.5. The van der Waals surface area contributed by atoms with Gasteiger partial charge in [-0.05, 0) is 67.1 Å². The summed E-state index contributed by atoms with van der Waals surface area (Å²) in [6.07, 6.45) is 5.88. The number of sulfonamides is 1. The number of para-hydroxylation sites is 1. The molecular weight excluding hydrogens is 793 g/mol. The number of sulfone groups is 1. The molecule has 0 bridgehead atoms. The third kappa shape index (κ3) is 11.0. The van der Waals surface area contributed by atoms with Crippen LogP contribution < -0.4 is 19.8 Å². The van der Waals surface area contributed by atoms with E-state index in [-0.39, 0.29) is 48.8 Å². The minimum atomic E-state index is -4.02. The molecule has 52 heavy (non-hydrogen) atoms. The van der Waals surface area contributed by atoms with E-state index in [4.69, 9.17) is 0 Å². The maximum absolute atomic E-state index is 13.3. The summed E-state index contributed by atoms with van der Waals surface area (Å²) >= 11 is 1.02. The lowest BCUT2D eigenvalue weighted by Gasteiger charge is -2.16. The number of benzene rings is 4. The standard InChI is InChI=1S/C36H34N4O8S3.BrH/c41-35(14-6-9-25-39-23-7-1-8-24-39)49-34-13-5-3-11-32(34)36(42)37-28-15-19-30(20-16-28)51(47,48)31-21-17-29(18-22-31)38-50(45,46)26-27-10-2-4-12-33(27)40(43)44;/h1-5,7-8,10-13,15-24,38,40,43H,6,9,14,25-26H2;1H/p+1. The van der Waals surface area contributed by atoms with Crippen molar-refractivity contribution in [3.05, 3.63) is 144 Å². The van der Waals surface area contributed by atoms with Crippen molar-refractivity contribution in [1.29, 1.82) is 0 Å². The fraction of sp³-hybridized carbons (Fsp3) is 0.139. The molecule has 0 radical (unpaired) electrons. The van der Waals surface area contributed by atoms with E-state index in [1.54, 1.807) is 24.3 Å². The van der Waals surface area contributed by atoms with E-state index in [0.29, 0.717) is 29.0 Å². The van der Waals surface area contributed by atoms with E-state index < -0.39 is 36.7 Å². The van der Waals surface area contributed by atoms with E-state index in [0.717, 1.165) is 24.7 Å². The maximum Gasteiger partial charge on any atom is 0.256 e. The van der Waals surface area contributed by atoms with Crippen LogP contribution in [0.25, 0.3) is 0 Å². The van der Waals surface area contributed by atoms with Gasteiger partial charge < -0.3 is 10.5 Å². The summed E-state index contributed by atoms with van der Waals surface area (Å²) in [5.74, 6) is -1.04. The Morgan fingerprint density at radius 1 is 0.750 bits per heavy atom. The average Bonchev–Trinajstić information content (AvgIpc) is 3.11. The number of thioether (sulfide) groups is 1. The minimum Gasteiger partial charge on any atom is -0.595 e. The number of hydrogen-bond acceptors (Lipinski definition) is 9. The van der Waals surface area contributed by atoms with Gasteiger partial charge in [-0.25, -0.2) is 26.6 Å². The molecule has 1 atom stereocenters. The molecule has 0 aliphatic rings. The number of pyridine rings is 1. The van der Waals surface area contributed by atoms with Crippen LogP contribution in [-0.4, -0.2) is 33.1 Å². The van der Waals surface area contributed by atoms with Gasteiger partial charge >= 0.3 is 0 Å². The SMILES string of the molecule is Br.O=C(CCCC[n+]1ccccc1)Sc1ccccc1C(=O)Nc1ccc(S(=O)(=O)c2ccc(NS(=O)(=O)Cc3ccccc3[NH+]([O-])O)cc2)cc1. The quantitative estimate of drug-likeness (QED) is 0.0461. The smallest absolute Gasteiger partial charge is 0.256 e. The van der Waals surface area contributed by atoms with Gasteiger partial charge in [0.2, 0.25) is 19.9 Å².